The molecule has 0 aliphatic heterocycles. The number of aromatic amines is 2. The van der Waals surface area contributed by atoms with Crippen LogP contribution in [0.4, 0.5) is 0 Å². The van der Waals surface area contributed by atoms with Gasteiger partial charge in [-0.05, 0) is 66.6 Å². The molecule has 0 saturated carbocycles. The number of benzene rings is 2. The topological polar surface area (TPSA) is 85.5 Å². The van der Waals surface area contributed by atoms with Crippen LogP contribution in [0.25, 0.3) is 49.4 Å². The Balaban J connectivity index is 1.40. The van der Waals surface area contributed by atoms with Crippen LogP contribution in [0.15, 0.2) is 102 Å². The Labute approximate surface area is 311 Å². The van der Waals surface area contributed by atoms with E-state index in [2.05, 4.69) is 93.2 Å². The number of aromatic nitrogens is 4. The van der Waals surface area contributed by atoms with Crippen molar-refractivity contribution in [2.75, 3.05) is 5.75 Å². The Morgan fingerprint density at radius 1 is 0.692 bits per heavy atom. The standard InChI is InChI=1S/C45H46N6S/c1-4-5-6-7-8-9-10-11-12-17-30-52-35-26-24-34(25-27-35)41-39-40(45(51-41)44(47-3)38-19-14-16-29-49-38)42(33-22-20-32(2)21-23-33)50-43(39)36(31-46)37-18-13-15-28-48-37/h13-16,18-29,50-51H,4-12,17,30H2,1-2H3/b43-36-,45-44+. The predicted octanol–water partition coefficient (Wildman–Crippen LogP) is 10.7. The normalized spacial score (nSPS) is 12.4. The number of H-pyrrole nitrogens is 2. The predicted molar refractivity (Wildman–Crippen MR) is 216 cm³/mol. The molecule has 0 aliphatic carbocycles. The first kappa shape index (κ1) is 36.4. The largest absolute Gasteiger partial charge is 0.363 e. The van der Waals surface area contributed by atoms with Gasteiger partial charge in [-0.15, -0.1) is 11.8 Å². The number of nitriles is 1. The number of rotatable bonds is 16. The second kappa shape index (κ2) is 18.2. The van der Waals surface area contributed by atoms with E-state index in [-0.39, 0.29) is 0 Å². The van der Waals surface area contributed by atoms with E-state index in [0.717, 1.165) is 44.6 Å². The van der Waals surface area contributed by atoms with Crippen LogP contribution in [0.2, 0.25) is 0 Å². The molecule has 262 valence electrons. The molecule has 2 N–H and O–H groups in total. The first-order chi connectivity index (χ1) is 25.6. The van der Waals surface area contributed by atoms with Crippen LogP contribution in [-0.4, -0.2) is 25.7 Å². The molecule has 52 heavy (non-hydrogen) atoms. The quantitative estimate of drug-likeness (QED) is 0.0597. The van der Waals surface area contributed by atoms with Crippen molar-refractivity contribution in [1.82, 2.24) is 19.9 Å². The zero-order valence-electron chi connectivity index (χ0n) is 30.2. The van der Waals surface area contributed by atoms with Crippen molar-refractivity contribution in [2.24, 2.45) is 0 Å². The molecule has 0 radical (unpaired) electrons. The summed E-state index contributed by atoms with van der Waals surface area (Å²) >= 11 is 1.90. The van der Waals surface area contributed by atoms with E-state index in [1.807, 2.05) is 48.2 Å². The molecule has 6 nitrogen and oxygen atoms in total. The summed E-state index contributed by atoms with van der Waals surface area (Å²) in [5.74, 6) is 1.10. The molecular weight excluding hydrogens is 657 g/mol. The first-order valence-electron chi connectivity index (χ1n) is 18.6. The summed E-state index contributed by atoms with van der Waals surface area (Å²) in [7, 11) is 0. The lowest BCUT2D eigenvalue weighted by atomic mass is 10.0. The van der Waals surface area contributed by atoms with Gasteiger partial charge in [0.2, 0.25) is 5.70 Å². The number of hydrogen-bond acceptors (Lipinski definition) is 4. The zero-order chi connectivity index (χ0) is 36.1. The average molecular weight is 703 g/mol. The highest BCUT2D eigenvalue weighted by molar-refractivity contribution is 7.99. The van der Waals surface area contributed by atoms with Gasteiger partial charge in [0.1, 0.15) is 11.6 Å². The second-order valence-electron chi connectivity index (χ2n) is 13.3. The summed E-state index contributed by atoms with van der Waals surface area (Å²) in [5.41, 5.74) is 6.74. The van der Waals surface area contributed by atoms with Crippen molar-refractivity contribution in [2.45, 2.75) is 83.0 Å². The first-order valence-corrected chi connectivity index (χ1v) is 19.5. The SMILES string of the molecule is [C-]#[N+]/C(c1ccccn1)=c1/[nH]c(-c2ccc(SCCCCCCCCCCCC)cc2)c2/c(=C(\C#N)c3ccccn3)[nH]c(-c3ccc(C)cc3)c12. The van der Waals surface area contributed by atoms with E-state index < -0.39 is 0 Å². The summed E-state index contributed by atoms with van der Waals surface area (Å²) < 4.78 is 0. The number of nitrogens with one attached hydrogen (secondary N) is 2. The Hall–Kier alpha value is -5.37. The van der Waals surface area contributed by atoms with Gasteiger partial charge in [0.25, 0.3) is 0 Å². The summed E-state index contributed by atoms with van der Waals surface area (Å²) in [6.45, 7) is 12.7. The molecule has 7 heteroatoms. The molecule has 6 rings (SSSR count). The van der Waals surface area contributed by atoms with Crippen LogP contribution in [0.3, 0.4) is 0 Å². The number of aryl methyl sites for hydroxylation is 1. The van der Waals surface area contributed by atoms with Gasteiger partial charge in [-0.1, -0.05) is 119 Å². The van der Waals surface area contributed by atoms with Crippen LogP contribution >= 0.6 is 11.8 Å². The number of nitrogens with zero attached hydrogens (tertiary/aromatic N) is 4. The lowest BCUT2D eigenvalue weighted by Crippen LogP contribution is -2.11. The average Bonchev–Trinajstić information content (AvgIpc) is 3.75. The van der Waals surface area contributed by atoms with E-state index in [4.69, 9.17) is 6.57 Å². The number of unbranched alkanes of at least 4 members (excludes halogenated alkanes) is 9. The van der Waals surface area contributed by atoms with Gasteiger partial charge in [0.15, 0.2) is 0 Å². The van der Waals surface area contributed by atoms with Gasteiger partial charge >= 0.3 is 0 Å². The number of thioether (sulfide) groups is 1. The molecule has 0 saturated heterocycles. The summed E-state index contributed by atoms with van der Waals surface area (Å²) in [6, 6.07) is 30.6. The smallest absolute Gasteiger partial charge is 0.235 e. The fourth-order valence-electron chi connectivity index (χ4n) is 6.76. The van der Waals surface area contributed by atoms with Crippen molar-refractivity contribution in [3.63, 3.8) is 0 Å². The Morgan fingerprint density at radius 2 is 1.23 bits per heavy atom. The van der Waals surface area contributed by atoms with E-state index in [0.29, 0.717) is 33.4 Å². The van der Waals surface area contributed by atoms with Crippen molar-refractivity contribution in [3.8, 4) is 28.6 Å². The van der Waals surface area contributed by atoms with Crippen molar-refractivity contribution in [1.29, 1.82) is 5.26 Å². The Bertz CT molecular complexity index is 2210. The maximum absolute atomic E-state index is 10.6. The van der Waals surface area contributed by atoms with Gasteiger partial charge in [-0.3, -0.25) is 9.97 Å². The highest BCUT2D eigenvalue weighted by atomic mass is 32.2. The van der Waals surface area contributed by atoms with Gasteiger partial charge in [0, 0.05) is 28.1 Å². The molecule has 0 atom stereocenters. The fourth-order valence-corrected chi connectivity index (χ4v) is 7.67. The lowest BCUT2D eigenvalue weighted by molar-refractivity contribution is 0.563. The minimum absolute atomic E-state index is 0.413. The van der Waals surface area contributed by atoms with E-state index in [1.165, 1.54) is 69.1 Å². The third-order valence-electron chi connectivity index (χ3n) is 9.54. The number of fused-ring (bicyclic) bond motifs is 1. The molecule has 0 bridgehead atoms. The molecule has 0 unspecified atom stereocenters. The molecule has 6 aromatic rings. The number of pyridine rings is 2. The van der Waals surface area contributed by atoms with E-state index >= 15 is 0 Å². The molecule has 0 aliphatic rings. The third kappa shape index (κ3) is 8.56. The van der Waals surface area contributed by atoms with Crippen LogP contribution in [0.5, 0.6) is 0 Å². The molecule has 2 aromatic carbocycles. The van der Waals surface area contributed by atoms with Crippen molar-refractivity contribution < 1.29 is 0 Å². The molecule has 4 aromatic heterocycles. The van der Waals surface area contributed by atoms with E-state index in [1.54, 1.807) is 12.4 Å². The van der Waals surface area contributed by atoms with Gasteiger partial charge in [-0.25, -0.2) is 4.85 Å². The monoisotopic (exact) mass is 702 g/mol. The summed E-state index contributed by atoms with van der Waals surface area (Å²) in [6.07, 6.45) is 16.8. The fraction of sp³-hybridized carbons (Fsp3) is 0.289. The van der Waals surface area contributed by atoms with Crippen LogP contribution in [0.1, 0.15) is 88.1 Å². The molecular formula is C45H46N6S. The zero-order valence-corrected chi connectivity index (χ0v) is 31.0. The van der Waals surface area contributed by atoms with Gasteiger partial charge in [-0.2, -0.15) is 5.26 Å². The summed E-state index contributed by atoms with van der Waals surface area (Å²) in [5, 5.41) is 13.6. The maximum atomic E-state index is 10.6. The molecule has 0 fully saturated rings. The lowest BCUT2D eigenvalue weighted by Gasteiger charge is -2.05. The third-order valence-corrected chi connectivity index (χ3v) is 10.6. The van der Waals surface area contributed by atoms with Gasteiger partial charge < -0.3 is 9.97 Å². The Kier molecular flexibility index (Phi) is 12.8. The maximum Gasteiger partial charge on any atom is 0.235 e. The van der Waals surface area contributed by atoms with E-state index in [9.17, 15) is 5.26 Å². The minimum atomic E-state index is 0.413. The van der Waals surface area contributed by atoms with Crippen molar-refractivity contribution in [3.05, 3.63) is 136 Å². The van der Waals surface area contributed by atoms with Crippen molar-refractivity contribution >= 4 is 33.8 Å². The van der Waals surface area contributed by atoms with Crippen LogP contribution in [-0.2, 0) is 0 Å². The summed E-state index contributed by atoms with van der Waals surface area (Å²) in [4.78, 5) is 21.7. The molecule has 4 heterocycles. The highest BCUT2D eigenvalue weighted by Crippen LogP contribution is 2.33. The molecule has 0 spiro atoms. The number of hydrogen-bond donors (Lipinski definition) is 2. The van der Waals surface area contributed by atoms with Crippen LogP contribution in [0, 0.1) is 24.8 Å². The highest BCUT2D eigenvalue weighted by Gasteiger charge is 2.22. The minimum Gasteiger partial charge on any atom is -0.363 e. The van der Waals surface area contributed by atoms with Crippen LogP contribution < -0.4 is 10.7 Å². The van der Waals surface area contributed by atoms with Gasteiger partial charge in [0.05, 0.1) is 40.0 Å². The molecule has 0 amide bonds. The Morgan fingerprint density at radius 3 is 1.79 bits per heavy atom. The second-order valence-corrected chi connectivity index (χ2v) is 14.5.